The number of nitrogens with one attached hydrogen (secondary N) is 1. The summed E-state index contributed by atoms with van der Waals surface area (Å²) in [5.41, 5.74) is 8.50. The van der Waals surface area contributed by atoms with Gasteiger partial charge in [0, 0.05) is 25.3 Å². The van der Waals surface area contributed by atoms with E-state index in [1.54, 1.807) is 12.1 Å². The van der Waals surface area contributed by atoms with Gasteiger partial charge in [-0.15, -0.1) is 12.4 Å². The third-order valence-corrected chi connectivity index (χ3v) is 3.58. The van der Waals surface area contributed by atoms with E-state index in [9.17, 15) is 4.79 Å². The van der Waals surface area contributed by atoms with Crippen LogP contribution in [0.15, 0.2) is 54.6 Å². The molecule has 0 spiro atoms. The average molecular weight is 349 g/mol. The first-order chi connectivity index (χ1) is 11.3. The molecule has 0 aliphatic rings. The summed E-state index contributed by atoms with van der Waals surface area (Å²) < 4.78 is 5.59. The van der Waals surface area contributed by atoms with Gasteiger partial charge in [0.25, 0.3) is 5.91 Å². The largest absolute Gasteiger partial charge is 0.381 e. The summed E-state index contributed by atoms with van der Waals surface area (Å²) in [4.78, 5) is 11.9. The minimum Gasteiger partial charge on any atom is -0.381 e. The van der Waals surface area contributed by atoms with Crippen molar-refractivity contribution in [2.45, 2.75) is 19.4 Å². The Morgan fingerprint density at radius 2 is 1.67 bits per heavy atom. The second-order valence-corrected chi connectivity index (χ2v) is 5.36. The molecule has 0 aliphatic carbocycles. The van der Waals surface area contributed by atoms with Crippen LogP contribution in [0.5, 0.6) is 0 Å². The molecular weight excluding hydrogens is 324 g/mol. The predicted octanol–water partition coefficient (Wildman–Crippen LogP) is 2.95. The lowest BCUT2D eigenvalue weighted by molar-refractivity contribution is 0.0942. The van der Waals surface area contributed by atoms with E-state index in [0.717, 1.165) is 18.4 Å². The highest BCUT2D eigenvalue weighted by molar-refractivity contribution is 5.94. The summed E-state index contributed by atoms with van der Waals surface area (Å²) >= 11 is 0. The van der Waals surface area contributed by atoms with Gasteiger partial charge < -0.3 is 15.8 Å². The molecule has 1 amide bonds. The summed E-state index contributed by atoms with van der Waals surface area (Å²) in [6.45, 7) is 2.46. The van der Waals surface area contributed by atoms with Crippen LogP contribution in [0.3, 0.4) is 0 Å². The molecule has 2 aromatic carbocycles. The van der Waals surface area contributed by atoms with E-state index in [1.807, 2.05) is 30.3 Å². The molecular formula is C19H25ClN2O2. The van der Waals surface area contributed by atoms with Gasteiger partial charge >= 0.3 is 0 Å². The Bertz CT molecular complexity index is 588. The van der Waals surface area contributed by atoms with Gasteiger partial charge in [-0.25, -0.2) is 0 Å². The zero-order valence-corrected chi connectivity index (χ0v) is 14.6. The number of carbonyl (C=O) groups excluding carboxylic acids is 1. The first-order valence-electron chi connectivity index (χ1n) is 7.98. The van der Waals surface area contributed by atoms with Crippen molar-refractivity contribution in [3.05, 3.63) is 71.3 Å². The molecule has 0 saturated carbocycles. The van der Waals surface area contributed by atoms with Gasteiger partial charge in [-0.2, -0.15) is 0 Å². The normalized spacial score (nSPS) is 10.0. The molecule has 0 heterocycles. The van der Waals surface area contributed by atoms with Crippen LogP contribution in [0.25, 0.3) is 0 Å². The molecule has 0 aromatic heterocycles. The number of hydrogen-bond acceptors (Lipinski definition) is 3. The molecule has 3 N–H and O–H groups in total. The van der Waals surface area contributed by atoms with Crippen LogP contribution in [0.1, 0.15) is 27.9 Å². The van der Waals surface area contributed by atoms with Crippen LogP contribution in [-0.4, -0.2) is 25.7 Å². The van der Waals surface area contributed by atoms with Gasteiger partial charge in [0.2, 0.25) is 0 Å². The van der Waals surface area contributed by atoms with E-state index in [4.69, 9.17) is 10.5 Å². The Morgan fingerprint density at radius 1 is 0.958 bits per heavy atom. The van der Waals surface area contributed by atoms with Crippen molar-refractivity contribution in [3.63, 3.8) is 0 Å². The van der Waals surface area contributed by atoms with Crippen LogP contribution in [0, 0.1) is 0 Å². The average Bonchev–Trinajstić information content (AvgIpc) is 2.61. The number of benzene rings is 2. The number of nitrogens with two attached hydrogens (primary N) is 1. The van der Waals surface area contributed by atoms with E-state index in [1.165, 1.54) is 5.56 Å². The van der Waals surface area contributed by atoms with Crippen LogP contribution in [0.2, 0.25) is 0 Å². The van der Waals surface area contributed by atoms with Crippen molar-refractivity contribution in [2.24, 2.45) is 5.73 Å². The van der Waals surface area contributed by atoms with Crippen molar-refractivity contribution in [1.29, 1.82) is 0 Å². The number of amides is 1. The van der Waals surface area contributed by atoms with Crippen LogP contribution < -0.4 is 11.1 Å². The summed E-state index contributed by atoms with van der Waals surface area (Å²) in [5.74, 6) is -0.0575. The maximum Gasteiger partial charge on any atom is 0.251 e. The molecule has 24 heavy (non-hydrogen) atoms. The lowest BCUT2D eigenvalue weighted by atomic mass is 10.1. The van der Waals surface area contributed by atoms with Crippen molar-refractivity contribution in [3.8, 4) is 0 Å². The maximum atomic E-state index is 11.9. The van der Waals surface area contributed by atoms with Gasteiger partial charge in [0.05, 0.1) is 6.61 Å². The standard InChI is InChI=1S/C19H24N2O2.ClH/c20-15-17-7-9-18(10-8-17)19(22)21-12-4-13-23-14-11-16-5-2-1-3-6-16;/h1-3,5-10H,4,11-15,20H2,(H,21,22);1H. The second kappa shape index (κ2) is 11.6. The highest BCUT2D eigenvalue weighted by atomic mass is 35.5. The zero-order valence-electron chi connectivity index (χ0n) is 13.7. The smallest absolute Gasteiger partial charge is 0.251 e. The Kier molecular flexibility index (Phi) is 9.77. The summed E-state index contributed by atoms with van der Waals surface area (Å²) in [6.07, 6.45) is 1.72. The van der Waals surface area contributed by atoms with E-state index >= 15 is 0 Å². The minimum atomic E-state index is -0.0575. The molecule has 4 nitrogen and oxygen atoms in total. The highest BCUT2D eigenvalue weighted by Gasteiger charge is 2.04. The van der Waals surface area contributed by atoms with Crippen molar-refractivity contribution in [2.75, 3.05) is 19.8 Å². The van der Waals surface area contributed by atoms with Crippen LogP contribution in [0.4, 0.5) is 0 Å². The summed E-state index contributed by atoms with van der Waals surface area (Å²) in [7, 11) is 0. The molecule has 130 valence electrons. The number of hydrogen-bond donors (Lipinski definition) is 2. The molecule has 0 unspecified atom stereocenters. The van der Waals surface area contributed by atoms with Crippen LogP contribution >= 0.6 is 12.4 Å². The Hall–Kier alpha value is -1.88. The minimum absolute atomic E-state index is 0. The Morgan fingerprint density at radius 3 is 2.33 bits per heavy atom. The van der Waals surface area contributed by atoms with Crippen molar-refractivity contribution < 1.29 is 9.53 Å². The Labute approximate surface area is 149 Å². The van der Waals surface area contributed by atoms with Crippen molar-refractivity contribution >= 4 is 18.3 Å². The molecule has 0 atom stereocenters. The molecule has 0 radical (unpaired) electrons. The number of rotatable bonds is 9. The van der Waals surface area contributed by atoms with Gasteiger partial charge in [-0.3, -0.25) is 4.79 Å². The lowest BCUT2D eigenvalue weighted by Crippen LogP contribution is -2.25. The molecule has 2 rings (SSSR count). The van der Waals surface area contributed by atoms with Gasteiger partial charge in [-0.1, -0.05) is 42.5 Å². The van der Waals surface area contributed by atoms with Gasteiger partial charge in [-0.05, 0) is 36.1 Å². The number of halogens is 1. The molecule has 2 aromatic rings. The van der Waals surface area contributed by atoms with E-state index in [2.05, 4.69) is 17.4 Å². The van der Waals surface area contributed by atoms with Gasteiger partial charge in [0.15, 0.2) is 0 Å². The maximum absolute atomic E-state index is 11.9. The first-order valence-corrected chi connectivity index (χ1v) is 7.98. The number of carbonyl (C=O) groups is 1. The predicted molar refractivity (Wildman–Crippen MR) is 99.5 cm³/mol. The molecule has 0 fully saturated rings. The fraction of sp³-hybridized carbons (Fsp3) is 0.316. The van der Waals surface area contributed by atoms with Crippen LogP contribution in [-0.2, 0) is 17.7 Å². The molecule has 0 saturated heterocycles. The van der Waals surface area contributed by atoms with Gasteiger partial charge in [0.1, 0.15) is 0 Å². The first kappa shape index (κ1) is 20.2. The topological polar surface area (TPSA) is 64.4 Å². The zero-order chi connectivity index (χ0) is 16.3. The fourth-order valence-corrected chi connectivity index (χ4v) is 2.21. The number of ether oxygens (including phenoxy) is 1. The van der Waals surface area contributed by atoms with E-state index in [-0.39, 0.29) is 18.3 Å². The lowest BCUT2D eigenvalue weighted by Gasteiger charge is -2.07. The fourth-order valence-electron chi connectivity index (χ4n) is 2.21. The molecule has 5 heteroatoms. The SMILES string of the molecule is Cl.NCc1ccc(C(=O)NCCCOCCc2ccccc2)cc1. The summed E-state index contributed by atoms with van der Waals surface area (Å²) in [6, 6.07) is 17.6. The third kappa shape index (κ3) is 7.13. The molecule has 0 aliphatic heterocycles. The van der Waals surface area contributed by atoms with Crippen molar-refractivity contribution in [1.82, 2.24) is 5.32 Å². The third-order valence-electron chi connectivity index (χ3n) is 3.58. The summed E-state index contributed by atoms with van der Waals surface area (Å²) in [5, 5.41) is 2.89. The van der Waals surface area contributed by atoms with E-state index < -0.39 is 0 Å². The highest BCUT2D eigenvalue weighted by Crippen LogP contribution is 2.03. The quantitative estimate of drug-likeness (QED) is 0.685. The monoisotopic (exact) mass is 348 g/mol. The Balaban J connectivity index is 0.00000288. The second-order valence-electron chi connectivity index (χ2n) is 5.36. The molecule has 0 bridgehead atoms. The van der Waals surface area contributed by atoms with E-state index in [0.29, 0.717) is 31.9 Å².